The molecule has 1 aromatic carbocycles. The van der Waals surface area contributed by atoms with Gasteiger partial charge >= 0.3 is 0 Å². The lowest BCUT2D eigenvalue weighted by molar-refractivity contribution is 0.0976. The van der Waals surface area contributed by atoms with Crippen molar-refractivity contribution in [3.63, 3.8) is 0 Å². The average molecular weight is 468 g/mol. The van der Waals surface area contributed by atoms with Crippen LogP contribution in [0, 0.1) is 0 Å². The number of carbonyl (C=O) groups excluding carboxylic acids is 1. The molecule has 0 saturated heterocycles. The Balaban J connectivity index is 2.20. The smallest absolute Gasteiger partial charge is 0.257 e. The van der Waals surface area contributed by atoms with E-state index in [0.717, 1.165) is 4.47 Å². The zero-order valence-electron chi connectivity index (χ0n) is 15.9. The molecule has 0 radical (unpaired) electrons. The highest BCUT2D eigenvalue weighted by Crippen LogP contribution is 2.39. The summed E-state index contributed by atoms with van der Waals surface area (Å²) < 4.78 is 17.8. The van der Waals surface area contributed by atoms with Crippen LogP contribution in [-0.2, 0) is 0 Å². The molecule has 2 rings (SSSR count). The predicted molar refractivity (Wildman–Crippen MR) is 116 cm³/mol. The molecule has 1 amide bonds. The van der Waals surface area contributed by atoms with Crippen LogP contribution in [0.4, 0.5) is 5.82 Å². The van der Waals surface area contributed by atoms with Crippen LogP contribution in [-0.4, -0.2) is 35.8 Å². The lowest BCUT2D eigenvalue weighted by atomic mass is 10.1. The third kappa shape index (κ3) is 6.07. The second kappa shape index (κ2) is 10.8. The molecular formula is C19H22BrN3O4S. The van der Waals surface area contributed by atoms with E-state index in [-0.39, 0.29) is 5.11 Å². The number of rotatable bonds is 8. The fraction of sp³-hybridized carbons (Fsp3) is 0.316. The van der Waals surface area contributed by atoms with Gasteiger partial charge in [0.25, 0.3) is 5.91 Å². The van der Waals surface area contributed by atoms with Crippen LogP contribution in [0.5, 0.6) is 17.2 Å². The van der Waals surface area contributed by atoms with Gasteiger partial charge in [0.1, 0.15) is 5.82 Å². The van der Waals surface area contributed by atoms with Crippen molar-refractivity contribution in [2.75, 3.05) is 25.1 Å². The molecule has 9 heteroatoms. The maximum absolute atomic E-state index is 12.7. The van der Waals surface area contributed by atoms with Gasteiger partial charge in [-0.25, -0.2) is 4.98 Å². The van der Waals surface area contributed by atoms with E-state index in [1.54, 1.807) is 24.4 Å². The maximum Gasteiger partial charge on any atom is 0.257 e. The molecule has 0 aliphatic rings. The highest BCUT2D eigenvalue weighted by Gasteiger charge is 2.19. The summed E-state index contributed by atoms with van der Waals surface area (Å²) >= 11 is 8.51. The molecule has 0 atom stereocenters. The fourth-order valence-electron chi connectivity index (χ4n) is 2.29. The fourth-order valence-corrected chi connectivity index (χ4v) is 2.72. The van der Waals surface area contributed by atoms with Crippen molar-refractivity contribution in [3.05, 3.63) is 40.5 Å². The number of amides is 1. The van der Waals surface area contributed by atoms with Gasteiger partial charge in [-0.1, -0.05) is 0 Å². The number of benzene rings is 1. The SMILES string of the molecule is CCOc1cc(C(=O)NC(=S)Nc2ccc(Br)cn2)cc(OCC)c1OCC. The molecular weight excluding hydrogens is 446 g/mol. The minimum atomic E-state index is -0.403. The van der Waals surface area contributed by atoms with Crippen LogP contribution >= 0.6 is 28.1 Å². The number of thiocarbonyl (C=S) groups is 1. The Morgan fingerprint density at radius 3 is 2.18 bits per heavy atom. The molecule has 0 bridgehead atoms. The van der Waals surface area contributed by atoms with Crippen molar-refractivity contribution in [2.24, 2.45) is 0 Å². The molecule has 0 spiro atoms. The summed E-state index contributed by atoms with van der Waals surface area (Å²) in [5.41, 5.74) is 0.336. The number of anilines is 1. The van der Waals surface area contributed by atoms with Gasteiger partial charge in [-0.05, 0) is 73.2 Å². The standard InChI is InChI=1S/C19H22BrN3O4S/c1-4-25-14-9-12(10-15(26-5-2)17(14)27-6-3)18(24)23-19(28)22-16-8-7-13(20)11-21-16/h7-11H,4-6H2,1-3H3,(H2,21,22,23,24,28). The Hall–Kier alpha value is -2.39. The number of carbonyl (C=O) groups is 1. The predicted octanol–water partition coefficient (Wildman–Crippen LogP) is 4.17. The van der Waals surface area contributed by atoms with E-state index in [9.17, 15) is 4.79 Å². The molecule has 7 nitrogen and oxygen atoms in total. The number of pyridine rings is 1. The van der Waals surface area contributed by atoms with Crippen molar-refractivity contribution in [3.8, 4) is 17.2 Å². The number of nitrogens with one attached hydrogen (secondary N) is 2. The van der Waals surface area contributed by atoms with Crippen molar-refractivity contribution >= 4 is 45.0 Å². The zero-order valence-corrected chi connectivity index (χ0v) is 18.3. The number of nitrogens with zero attached hydrogens (tertiary/aromatic N) is 1. The Labute approximate surface area is 177 Å². The Morgan fingerprint density at radius 2 is 1.68 bits per heavy atom. The first kappa shape index (κ1) is 21.9. The van der Waals surface area contributed by atoms with Gasteiger partial charge in [0.15, 0.2) is 16.6 Å². The highest BCUT2D eigenvalue weighted by atomic mass is 79.9. The van der Waals surface area contributed by atoms with E-state index in [0.29, 0.717) is 48.5 Å². The molecule has 2 N–H and O–H groups in total. The second-order valence-electron chi connectivity index (χ2n) is 5.37. The Bertz CT molecular complexity index is 803. The van der Waals surface area contributed by atoms with Crippen molar-refractivity contribution in [2.45, 2.75) is 20.8 Å². The van der Waals surface area contributed by atoms with Crippen LogP contribution in [0.2, 0.25) is 0 Å². The van der Waals surface area contributed by atoms with E-state index in [2.05, 4.69) is 31.5 Å². The topological polar surface area (TPSA) is 81.7 Å². The molecule has 0 saturated carbocycles. The first-order valence-electron chi connectivity index (χ1n) is 8.78. The summed E-state index contributed by atoms with van der Waals surface area (Å²) in [6, 6.07) is 6.76. The van der Waals surface area contributed by atoms with Gasteiger partial charge in [-0.2, -0.15) is 0 Å². The van der Waals surface area contributed by atoms with Gasteiger partial charge < -0.3 is 19.5 Å². The lowest BCUT2D eigenvalue weighted by Crippen LogP contribution is -2.34. The third-order valence-electron chi connectivity index (χ3n) is 3.37. The van der Waals surface area contributed by atoms with Crippen LogP contribution in [0.15, 0.2) is 34.9 Å². The quantitative estimate of drug-likeness (QED) is 0.563. The lowest BCUT2D eigenvalue weighted by Gasteiger charge is -2.17. The zero-order chi connectivity index (χ0) is 20.5. The van der Waals surface area contributed by atoms with Gasteiger partial charge in [-0.15, -0.1) is 0 Å². The second-order valence-corrected chi connectivity index (χ2v) is 6.69. The Kier molecular flexibility index (Phi) is 8.46. The molecule has 1 heterocycles. The molecule has 0 unspecified atom stereocenters. The summed E-state index contributed by atoms with van der Waals surface area (Å²) in [5.74, 6) is 1.47. The third-order valence-corrected chi connectivity index (χ3v) is 4.04. The number of hydrogen-bond donors (Lipinski definition) is 2. The summed E-state index contributed by atoms with van der Waals surface area (Å²) in [5, 5.41) is 5.62. The minimum absolute atomic E-state index is 0.129. The van der Waals surface area contributed by atoms with E-state index in [1.807, 2.05) is 26.8 Å². The monoisotopic (exact) mass is 467 g/mol. The minimum Gasteiger partial charge on any atom is -0.490 e. The number of ether oxygens (including phenoxy) is 3. The largest absolute Gasteiger partial charge is 0.490 e. The van der Waals surface area contributed by atoms with Crippen LogP contribution in [0.1, 0.15) is 31.1 Å². The van der Waals surface area contributed by atoms with Gasteiger partial charge in [-0.3, -0.25) is 10.1 Å². The van der Waals surface area contributed by atoms with E-state index in [1.165, 1.54) is 0 Å². The summed E-state index contributed by atoms with van der Waals surface area (Å²) in [4.78, 5) is 16.8. The van der Waals surface area contributed by atoms with Gasteiger partial charge in [0, 0.05) is 16.2 Å². The van der Waals surface area contributed by atoms with E-state index >= 15 is 0 Å². The van der Waals surface area contributed by atoms with Crippen LogP contribution in [0.3, 0.4) is 0 Å². The molecule has 28 heavy (non-hydrogen) atoms. The molecule has 2 aromatic rings. The first-order valence-corrected chi connectivity index (χ1v) is 9.98. The van der Waals surface area contributed by atoms with Crippen molar-refractivity contribution in [1.29, 1.82) is 0 Å². The summed E-state index contributed by atoms with van der Waals surface area (Å²) in [6.45, 7) is 6.87. The molecule has 0 aliphatic carbocycles. The Morgan fingerprint density at radius 1 is 1.07 bits per heavy atom. The van der Waals surface area contributed by atoms with E-state index in [4.69, 9.17) is 26.4 Å². The molecule has 150 valence electrons. The van der Waals surface area contributed by atoms with Crippen LogP contribution in [0.25, 0.3) is 0 Å². The number of hydrogen-bond acceptors (Lipinski definition) is 6. The first-order chi connectivity index (χ1) is 13.5. The summed E-state index contributed by atoms with van der Waals surface area (Å²) in [7, 11) is 0. The molecule has 0 aliphatic heterocycles. The van der Waals surface area contributed by atoms with E-state index < -0.39 is 5.91 Å². The normalized spacial score (nSPS) is 10.1. The average Bonchev–Trinajstić information content (AvgIpc) is 2.66. The van der Waals surface area contributed by atoms with Crippen LogP contribution < -0.4 is 24.8 Å². The summed E-state index contributed by atoms with van der Waals surface area (Å²) in [6.07, 6.45) is 1.63. The number of halogens is 1. The molecule has 0 fully saturated rings. The van der Waals surface area contributed by atoms with Crippen molar-refractivity contribution in [1.82, 2.24) is 10.3 Å². The van der Waals surface area contributed by atoms with Gasteiger partial charge in [0.2, 0.25) is 5.75 Å². The van der Waals surface area contributed by atoms with Crippen molar-refractivity contribution < 1.29 is 19.0 Å². The maximum atomic E-state index is 12.7. The van der Waals surface area contributed by atoms with Gasteiger partial charge in [0.05, 0.1) is 19.8 Å². The number of aromatic nitrogens is 1. The highest BCUT2D eigenvalue weighted by molar-refractivity contribution is 9.10. The molecule has 1 aromatic heterocycles.